The molecule has 0 amide bonds. The predicted octanol–water partition coefficient (Wildman–Crippen LogP) is 2.38. The standard InChI is InChI=1S/C7H4F3NO2S/c8-7(9,10)5(11)3-1-4(6(12)13)14-2-3/h1-2,11H,(H,12,13). The first kappa shape index (κ1) is 10.7. The second kappa shape index (κ2) is 3.41. The Morgan fingerprint density at radius 2 is 2.07 bits per heavy atom. The molecule has 2 N–H and O–H groups in total. The molecule has 0 saturated heterocycles. The Balaban J connectivity index is 2.99. The van der Waals surface area contributed by atoms with Gasteiger partial charge in [-0.2, -0.15) is 13.2 Å². The summed E-state index contributed by atoms with van der Waals surface area (Å²) in [6.45, 7) is 0. The van der Waals surface area contributed by atoms with E-state index in [0.717, 1.165) is 11.4 Å². The molecule has 3 nitrogen and oxygen atoms in total. The van der Waals surface area contributed by atoms with Gasteiger partial charge in [0.25, 0.3) is 0 Å². The lowest BCUT2D eigenvalue weighted by atomic mass is 10.2. The number of nitrogens with one attached hydrogen (secondary N) is 1. The smallest absolute Gasteiger partial charge is 0.433 e. The van der Waals surface area contributed by atoms with Crippen molar-refractivity contribution in [3.8, 4) is 0 Å². The Labute approximate surface area is 80.3 Å². The highest BCUT2D eigenvalue weighted by atomic mass is 32.1. The van der Waals surface area contributed by atoms with Crippen LogP contribution >= 0.6 is 11.3 Å². The fourth-order valence-corrected chi connectivity index (χ4v) is 1.48. The van der Waals surface area contributed by atoms with Crippen molar-refractivity contribution in [2.75, 3.05) is 0 Å². The van der Waals surface area contributed by atoms with Crippen LogP contribution in [0.4, 0.5) is 13.2 Å². The van der Waals surface area contributed by atoms with Crippen molar-refractivity contribution in [2.24, 2.45) is 0 Å². The number of hydrogen-bond acceptors (Lipinski definition) is 3. The third-order valence-corrected chi connectivity index (χ3v) is 2.30. The van der Waals surface area contributed by atoms with Crippen molar-refractivity contribution in [3.63, 3.8) is 0 Å². The van der Waals surface area contributed by atoms with E-state index in [2.05, 4.69) is 0 Å². The van der Waals surface area contributed by atoms with Crippen LogP contribution in [0.5, 0.6) is 0 Å². The van der Waals surface area contributed by atoms with Gasteiger partial charge in [-0.25, -0.2) is 4.79 Å². The molecule has 0 aliphatic heterocycles. The molecule has 0 unspecified atom stereocenters. The van der Waals surface area contributed by atoms with Crippen LogP contribution < -0.4 is 0 Å². The van der Waals surface area contributed by atoms with E-state index in [1.165, 1.54) is 0 Å². The van der Waals surface area contributed by atoms with Gasteiger partial charge in [0.15, 0.2) is 0 Å². The lowest BCUT2D eigenvalue weighted by Crippen LogP contribution is -2.22. The zero-order valence-corrected chi connectivity index (χ0v) is 7.37. The lowest BCUT2D eigenvalue weighted by Gasteiger charge is -2.04. The molecule has 0 radical (unpaired) electrons. The average molecular weight is 223 g/mol. The molecule has 76 valence electrons. The maximum absolute atomic E-state index is 12.0. The van der Waals surface area contributed by atoms with E-state index in [1.54, 1.807) is 0 Å². The van der Waals surface area contributed by atoms with E-state index in [4.69, 9.17) is 10.5 Å². The summed E-state index contributed by atoms with van der Waals surface area (Å²) in [6, 6.07) is 0.836. The first-order valence-electron chi connectivity index (χ1n) is 3.30. The molecule has 1 rings (SSSR count). The number of alkyl halides is 3. The summed E-state index contributed by atoms with van der Waals surface area (Å²) in [4.78, 5) is 10.1. The highest BCUT2D eigenvalue weighted by Crippen LogP contribution is 2.24. The molecule has 0 spiro atoms. The Hall–Kier alpha value is -1.37. The molecule has 0 bridgehead atoms. The Morgan fingerprint density at radius 3 is 2.43 bits per heavy atom. The summed E-state index contributed by atoms with van der Waals surface area (Å²) in [5.41, 5.74) is -1.94. The second-order valence-electron chi connectivity index (χ2n) is 2.38. The third-order valence-electron chi connectivity index (χ3n) is 1.38. The number of thiophene rings is 1. The van der Waals surface area contributed by atoms with Crippen LogP contribution in [0.3, 0.4) is 0 Å². The molecule has 0 fully saturated rings. The number of carboxylic acid groups (broad SMARTS) is 1. The number of halogens is 3. The highest BCUT2D eigenvalue weighted by Gasteiger charge is 2.35. The van der Waals surface area contributed by atoms with Gasteiger partial charge in [0.05, 0.1) is 0 Å². The van der Waals surface area contributed by atoms with Crippen molar-refractivity contribution in [3.05, 3.63) is 21.9 Å². The highest BCUT2D eigenvalue weighted by molar-refractivity contribution is 7.12. The zero-order chi connectivity index (χ0) is 10.9. The molecule has 0 aromatic carbocycles. The normalized spacial score (nSPS) is 11.4. The SMILES string of the molecule is N=C(c1csc(C(=O)O)c1)C(F)(F)F. The van der Waals surface area contributed by atoms with E-state index in [1.807, 2.05) is 0 Å². The van der Waals surface area contributed by atoms with Crippen molar-refractivity contribution in [1.82, 2.24) is 0 Å². The van der Waals surface area contributed by atoms with E-state index in [9.17, 15) is 18.0 Å². The maximum Gasteiger partial charge on any atom is 0.433 e. The van der Waals surface area contributed by atoms with Gasteiger partial charge >= 0.3 is 12.1 Å². The van der Waals surface area contributed by atoms with E-state index >= 15 is 0 Å². The summed E-state index contributed by atoms with van der Waals surface area (Å²) in [6.07, 6.45) is -4.74. The molecular formula is C7H4F3NO2S. The summed E-state index contributed by atoms with van der Waals surface area (Å²) in [7, 11) is 0. The zero-order valence-electron chi connectivity index (χ0n) is 6.55. The first-order chi connectivity index (χ1) is 6.32. The Bertz CT molecular complexity index is 383. The van der Waals surface area contributed by atoms with Crippen LogP contribution in [-0.4, -0.2) is 23.0 Å². The molecule has 0 atom stereocenters. The lowest BCUT2D eigenvalue weighted by molar-refractivity contribution is -0.0587. The van der Waals surface area contributed by atoms with E-state index < -0.39 is 23.4 Å². The van der Waals surface area contributed by atoms with E-state index in [0.29, 0.717) is 11.3 Å². The number of carboxylic acids is 1. The van der Waals surface area contributed by atoms with Gasteiger partial charge < -0.3 is 5.11 Å². The number of aromatic carboxylic acids is 1. The molecular weight excluding hydrogens is 219 g/mol. The fraction of sp³-hybridized carbons (Fsp3) is 0.143. The molecule has 14 heavy (non-hydrogen) atoms. The van der Waals surface area contributed by atoms with Crippen molar-refractivity contribution < 1.29 is 23.1 Å². The Kier molecular flexibility index (Phi) is 2.61. The monoisotopic (exact) mass is 223 g/mol. The molecule has 1 aromatic heterocycles. The predicted molar refractivity (Wildman–Crippen MR) is 44.2 cm³/mol. The fourth-order valence-electron chi connectivity index (χ4n) is 0.743. The first-order valence-corrected chi connectivity index (χ1v) is 4.18. The van der Waals surface area contributed by atoms with Crippen LogP contribution in [-0.2, 0) is 0 Å². The minimum Gasteiger partial charge on any atom is -0.477 e. The summed E-state index contributed by atoms with van der Waals surface area (Å²) in [5.74, 6) is -1.30. The molecule has 7 heteroatoms. The van der Waals surface area contributed by atoms with Gasteiger partial charge in [-0.05, 0) is 6.07 Å². The molecule has 0 saturated carbocycles. The third kappa shape index (κ3) is 2.11. The number of hydrogen-bond donors (Lipinski definition) is 2. The number of carbonyl (C=O) groups is 1. The topological polar surface area (TPSA) is 61.2 Å². The molecule has 0 aliphatic carbocycles. The van der Waals surface area contributed by atoms with Crippen LogP contribution in [0.1, 0.15) is 15.2 Å². The average Bonchev–Trinajstić information content (AvgIpc) is 2.48. The molecule has 1 aromatic rings. The van der Waals surface area contributed by atoms with E-state index in [-0.39, 0.29) is 4.88 Å². The minimum absolute atomic E-state index is 0.214. The van der Waals surface area contributed by atoms with Gasteiger partial charge in [-0.1, -0.05) is 0 Å². The number of rotatable bonds is 2. The van der Waals surface area contributed by atoms with Gasteiger partial charge in [-0.15, -0.1) is 11.3 Å². The summed E-state index contributed by atoms with van der Waals surface area (Å²) >= 11 is 0.662. The van der Waals surface area contributed by atoms with Gasteiger partial charge in [0, 0.05) is 10.9 Å². The molecule has 1 heterocycles. The van der Waals surface area contributed by atoms with Gasteiger partial charge in [0.1, 0.15) is 10.6 Å². The van der Waals surface area contributed by atoms with Crippen LogP contribution in [0.25, 0.3) is 0 Å². The second-order valence-corrected chi connectivity index (χ2v) is 3.29. The van der Waals surface area contributed by atoms with Crippen LogP contribution in [0, 0.1) is 5.41 Å². The molecule has 0 aliphatic rings. The summed E-state index contributed by atoms with van der Waals surface area (Å²) < 4.78 is 35.9. The van der Waals surface area contributed by atoms with Crippen LogP contribution in [0.2, 0.25) is 0 Å². The maximum atomic E-state index is 12.0. The summed E-state index contributed by atoms with van der Waals surface area (Å²) in [5, 5.41) is 16.2. The Morgan fingerprint density at radius 1 is 1.50 bits per heavy atom. The van der Waals surface area contributed by atoms with Gasteiger partial charge in [-0.3, -0.25) is 5.41 Å². The quantitative estimate of drug-likeness (QED) is 0.756. The van der Waals surface area contributed by atoms with Crippen molar-refractivity contribution >= 4 is 23.0 Å². The minimum atomic E-state index is -4.74. The van der Waals surface area contributed by atoms with Crippen molar-refractivity contribution in [1.29, 1.82) is 5.41 Å². The van der Waals surface area contributed by atoms with Crippen LogP contribution in [0.15, 0.2) is 11.4 Å². The van der Waals surface area contributed by atoms with Gasteiger partial charge in [0.2, 0.25) is 0 Å². The van der Waals surface area contributed by atoms with Crippen molar-refractivity contribution in [2.45, 2.75) is 6.18 Å². The largest absolute Gasteiger partial charge is 0.477 e.